The molecule has 1 N–H and O–H groups in total. The smallest absolute Gasteiger partial charge is 0.338 e. The maximum Gasteiger partial charge on any atom is 0.338 e. The van der Waals surface area contributed by atoms with Gasteiger partial charge in [-0.2, -0.15) is 0 Å². The fraction of sp³-hybridized carbons (Fsp3) is 0.455. The van der Waals surface area contributed by atoms with Crippen molar-refractivity contribution in [1.29, 1.82) is 0 Å². The van der Waals surface area contributed by atoms with Crippen LogP contribution in [0.3, 0.4) is 0 Å². The first-order chi connectivity index (χ1) is 8.11. The van der Waals surface area contributed by atoms with E-state index in [9.17, 15) is 9.18 Å². The maximum atomic E-state index is 14.0. The molecule has 1 aromatic heterocycles. The molecule has 0 aromatic carbocycles. The molecule has 1 saturated heterocycles. The summed E-state index contributed by atoms with van der Waals surface area (Å²) in [7, 11) is 0. The van der Waals surface area contributed by atoms with E-state index in [1.807, 2.05) is 6.92 Å². The van der Waals surface area contributed by atoms with E-state index in [4.69, 9.17) is 9.84 Å². The molecule has 6 heteroatoms. The first-order valence-electron chi connectivity index (χ1n) is 5.33. The minimum Gasteiger partial charge on any atom is -0.478 e. The molecule has 1 atom stereocenters. The molecule has 0 bridgehead atoms. The van der Waals surface area contributed by atoms with E-state index in [0.29, 0.717) is 19.8 Å². The van der Waals surface area contributed by atoms with Crippen LogP contribution >= 0.6 is 0 Å². The summed E-state index contributed by atoms with van der Waals surface area (Å²) in [6.07, 6.45) is 1.31. The summed E-state index contributed by atoms with van der Waals surface area (Å²) >= 11 is 0. The van der Waals surface area contributed by atoms with Gasteiger partial charge in [-0.3, -0.25) is 0 Å². The third-order valence-corrected chi connectivity index (χ3v) is 2.74. The van der Waals surface area contributed by atoms with Crippen molar-refractivity contribution < 1.29 is 19.0 Å². The van der Waals surface area contributed by atoms with Gasteiger partial charge in [0.2, 0.25) is 0 Å². The Balaban J connectivity index is 2.38. The highest BCUT2D eigenvalue weighted by atomic mass is 19.1. The number of anilines is 1. The molecule has 92 valence electrons. The van der Waals surface area contributed by atoms with Gasteiger partial charge in [0, 0.05) is 12.7 Å². The Morgan fingerprint density at radius 3 is 3.12 bits per heavy atom. The highest BCUT2D eigenvalue weighted by Gasteiger charge is 2.25. The van der Waals surface area contributed by atoms with E-state index in [-0.39, 0.29) is 17.4 Å². The molecular formula is C11H13FN2O3. The summed E-state index contributed by atoms with van der Waals surface area (Å²) in [6.45, 7) is 3.36. The average molecular weight is 240 g/mol. The van der Waals surface area contributed by atoms with Gasteiger partial charge in [-0.25, -0.2) is 14.2 Å². The van der Waals surface area contributed by atoms with Crippen LogP contribution in [0.2, 0.25) is 0 Å². The van der Waals surface area contributed by atoms with Gasteiger partial charge in [0.05, 0.1) is 19.3 Å². The van der Waals surface area contributed by atoms with Crippen molar-refractivity contribution >= 4 is 11.8 Å². The number of morpholine rings is 1. The van der Waals surface area contributed by atoms with Crippen LogP contribution in [0.5, 0.6) is 0 Å². The number of carbonyl (C=O) groups is 1. The summed E-state index contributed by atoms with van der Waals surface area (Å²) in [5, 5.41) is 8.84. The Kier molecular flexibility index (Phi) is 3.23. The van der Waals surface area contributed by atoms with Crippen LogP contribution in [0.25, 0.3) is 0 Å². The molecule has 1 unspecified atom stereocenters. The number of nitrogens with zero attached hydrogens (tertiary/aromatic N) is 2. The molecule has 0 spiro atoms. The normalized spacial score (nSPS) is 20.4. The number of halogens is 1. The molecule has 0 radical (unpaired) electrons. The van der Waals surface area contributed by atoms with E-state index >= 15 is 0 Å². The number of ether oxygens (including phenoxy) is 1. The first-order valence-corrected chi connectivity index (χ1v) is 5.33. The summed E-state index contributed by atoms with van der Waals surface area (Å²) in [5.74, 6) is -1.98. The highest BCUT2D eigenvalue weighted by Crippen LogP contribution is 2.22. The molecule has 17 heavy (non-hydrogen) atoms. The Labute approximate surface area is 97.8 Å². The number of rotatable bonds is 2. The fourth-order valence-corrected chi connectivity index (χ4v) is 1.84. The van der Waals surface area contributed by atoms with Crippen molar-refractivity contribution in [1.82, 2.24) is 4.98 Å². The van der Waals surface area contributed by atoms with Crippen LogP contribution in [-0.4, -0.2) is 41.9 Å². The summed E-state index contributed by atoms with van der Waals surface area (Å²) < 4.78 is 19.2. The predicted molar refractivity (Wildman–Crippen MR) is 58.8 cm³/mol. The zero-order valence-corrected chi connectivity index (χ0v) is 9.39. The van der Waals surface area contributed by atoms with E-state index < -0.39 is 11.8 Å². The number of aromatic nitrogens is 1. The van der Waals surface area contributed by atoms with Crippen molar-refractivity contribution in [2.45, 2.75) is 13.0 Å². The molecule has 5 nitrogen and oxygen atoms in total. The van der Waals surface area contributed by atoms with Gasteiger partial charge in [-0.05, 0) is 13.0 Å². The van der Waals surface area contributed by atoms with Crippen LogP contribution in [0, 0.1) is 5.82 Å². The molecule has 2 rings (SSSR count). The van der Waals surface area contributed by atoms with E-state index in [2.05, 4.69) is 4.98 Å². The third kappa shape index (κ3) is 2.21. The van der Waals surface area contributed by atoms with Crippen molar-refractivity contribution in [3.63, 3.8) is 0 Å². The Morgan fingerprint density at radius 1 is 1.71 bits per heavy atom. The molecule has 0 saturated carbocycles. The van der Waals surface area contributed by atoms with Crippen LogP contribution in [0.1, 0.15) is 17.3 Å². The Bertz CT molecular complexity index is 439. The number of carboxylic acid groups (broad SMARTS) is 1. The lowest BCUT2D eigenvalue weighted by atomic mass is 10.2. The maximum absolute atomic E-state index is 14.0. The van der Waals surface area contributed by atoms with Crippen LogP contribution in [0.15, 0.2) is 12.3 Å². The zero-order chi connectivity index (χ0) is 12.4. The van der Waals surface area contributed by atoms with Crippen molar-refractivity contribution in [3.8, 4) is 0 Å². The van der Waals surface area contributed by atoms with Gasteiger partial charge in [0.25, 0.3) is 0 Å². The monoisotopic (exact) mass is 240 g/mol. The second kappa shape index (κ2) is 4.67. The lowest BCUT2D eigenvalue weighted by Gasteiger charge is -2.34. The molecule has 0 amide bonds. The van der Waals surface area contributed by atoms with Gasteiger partial charge >= 0.3 is 5.97 Å². The summed E-state index contributed by atoms with van der Waals surface area (Å²) in [5.41, 5.74) is -0.353. The van der Waals surface area contributed by atoms with E-state index in [0.717, 1.165) is 6.07 Å². The quantitative estimate of drug-likeness (QED) is 0.840. The van der Waals surface area contributed by atoms with Gasteiger partial charge in [-0.1, -0.05) is 0 Å². The second-order valence-electron chi connectivity index (χ2n) is 3.92. The minimum atomic E-state index is -1.29. The van der Waals surface area contributed by atoms with Crippen LogP contribution in [-0.2, 0) is 4.74 Å². The van der Waals surface area contributed by atoms with Crippen LogP contribution < -0.4 is 4.90 Å². The van der Waals surface area contributed by atoms with Gasteiger partial charge in [0.1, 0.15) is 5.56 Å². The molecule has 1 aliphatic heterocycles. The Morgan fingerprint density at radius 2 is 2.47 bits per heavy atom. The predicted octanol–water partition coefficient (Wildman–Crippen LogP) is 1.14. The molecule has 2 heterocycles. The van der Waals surface area contributed by atoms with Crippen LogP contribution in [0.4, 0.5) is 10.2 Å². The molecular weight excluding hydrogens is 227 g/mol. The van der Waals surface area contributed by atoms with Crippen molar-refractivity contribution in [3.05, 3.63) is 23.6 Å². The van der Waals surface area contributed by atoms with Gasteiger partial charge < -0.3 is 14.7 Å². The van der Waals surface area contributed by atoms with Gasteiger partial charge in [-0.15, -0.1) is 0 Å². The summed E-state index contributed by atoms with van der Waals surface area (Å²) in [6, 6.07) is 1.14. The number of hydrogen-bond donors (Lipinski definition) is 1. The largest absolute Gasteiger partial charge is 0.478 e. The SMILES string of the molecule is CC1COCCN1c1nccc(C(=O)O)c1F. The van der Waals surface area contributed by atoms with Crippen molar-refractivity contribution in [2.75, 3.05) is 24.7 Å². The van der Waals surface area contributed by atoms with E-state index in [1.54, 1.807) is 4.90 Å². The van der Waals surface area contributed by atoms with Crippen molar-refractivity contribution in [2.24, 2.45) is 0 Å². The average Bonchev–Trinajstić information content (AvgIpc) is 2.30. The standard InChI is InChI=1S/C11H13FN2O3/c1-7-6-17-5-4-14(7)10-9(12)8(11(15)16)2-3-13-10/h2-3,7H,4-6H2,1H3,(H,15,16). The lowest BCUT2D eigenvalue weighted by molar-refractivity contribution is 0.0691. The third-order valence-electron chi connectivity index (χ3n) is 2.74. The minimum absolute atomic E-state index is 0.0187. The molecule has 1 aromatic rings. The zero-order valence-electron chi connectivity index (χ0n) is 9.39. The molecule has 0 aliphatic carbocycles. The number of carboxylic acids is 1. The van der Waals surface area contributed by atoms with Gasteiger partial charge in [0.15, 0.2) is 11.6 Å². The highest BCUT2D eigenvalue weighted by molar-refractivity contribution is 5.88. The topological polar surface area (TPSA) is 62.7 Å². The first kappa shape index (κ1) is 11.8. The number of aromatic carboxylic acids is 1. The Hall–Kier alpha value is -1.69. The molecule has 1 fully saturated rings. The fourth-order valence-electron chi connectivity index (χ4n) is 1.84. The van der Waals surface area contributed by atoms with E-state index in [1.165, 1.54) is 6.20 Å². The number of pyridine rings is 1. The molecule has 1 aliphatic rings. The summed E-state index contributed by atoms with van der Waals surface area (Å²) in [4.78, 5) is 16.5. The number of hydrogen-bond acceptors (Lipinski definition) is 4. The second-order valence-corrected chi connectivity index (χ2v) is 3.92. The lowest BCUT2D eigenvalue weighted by Crippen LogP contribution is -2.44.